The van der Waals surface area contributed by atoms with Crippen LogP contribution in [0.5, 0.6) is 0 Å². The Morgan fingerprint density at radius 2 is 0.864 bits per heavy atom. The molecule has 22 heavy (non-hydrogen) atoms. The molecule has 0 radical (unpaired) electrons. The van der Waals surface area contributed by atoms with Crippen LogP contribution in [-0.2, 0) is 0 Å². The molecule has 0 fully saturated rings. The molecule has 1 nitrogen and oxygen atoms in total. The third-order valence-corrected chi connectivity index (χ3v) is 5.26. The van der Waals surface area contributed by atoms with E-state index < -0.39 is 0 Å². The minimum Gasteiger partial charge on any atom is -0.412 e. The molecule has 0 spiro atoms. The highest BCUT2D eigenvalue weighted by Crippen LogP contribution is 2.23. The minimum absolute atomic E-state index is 0. The van der Waals surface area contributed by atoms with Crippen molar-refractivity contribution in [3.8, 4) is 0 Å². The van der Waals surface area contributed by atoms with Crippen molar-refractivity contribution in [1.29, 1.82) is 0 Å². The number of rotatable bonds is 2. The first-order valence-corrected chi connectivity index (χ1v) is 8.14. The van der Waals surface area contributed by atoms with Gasteiger partial charge in [0.25, 0.3) is 0 Å². The summed E-state index contributed by atoms with van der Waals surface area (Å²) in [5.74, 6) is 0. The van der Waals surface area contributed by atoms with Crippen LogP contribution in [0.2, 0.25) is 0 Å². The van der Waals surface area contributed by atoms with Gasteiger partial charge in [-0.2, -0.15) is 0 Å². The maximum absolute atomic E-state index is 2.25. The van der Waals surface area contributed by atoms with Gasteiger partial charge < -0.3 is 5.48 Å². The Labute approximate surface area is 131 Å². The third-order valence-electron chi connectivity index (χ3n) is 3.85. The van der Waals surface area contributed by atoms with E-state index in [1.165, 1.54) is 32.2 Å². The van der Waals surface area contributed by atoms with Gasteiger partial charge in [-0.15, -0.1) is 0 Å². The van der Waals surface area contributed by atoms with E-state index in [9.17, 15) is 0 Å². The predicted molar refractivity (Wildman–Crippen MR) is 99.1 cm³/mol. The lowest BCUT2D eigenvalue weighted by molar-refractivity contribution is 0.824. The van der Waals surface area contributed by atoms with Crippen LogP contribution in [0.15, 0.2) is 84.9 Å². The van der Waals surface area contributed by atoms with Gasteiger partial charge in [0.2, 0.25) is 0 Å². The summed E-state index contributed by atoms with van der Waals surface area (Å²) in [6.45, 7) is 0. The van der Waals surface area contributed by atoms with E-state index in [1.54, 1.807) is 0 Å². The SMILES string of the molecule is O.c1ccc2c(Pc3cccc4ccccc34)cccc2c1. The lowest BCUT2D eigenvalue weighted by Gasteiger charge is -2.09. The van der Waals surface area contributed by atoms with Crippen molar-refractivity contribution < 1.29 is 5.48 Å². The average Bonchev–Trinajstić information content (AvgIpc) is 2.56. The normalized spacial score (nSPS) is 10.5. The van der Waals surface area contributed by atoms with Crippen molar-refractivity contribution in [3.63, 3.8) is 0 Å². The van der Waals surface area contributed by atoms with Gasteiger partial charge in [0.05, 0.1) is 0 Å². The number of hydrogen-bond donors (Lipinski definition) is 0. The molecule has 4 aromatic carbocycles. The van der Waals surface area contributed by atoms with Crippen molar-refractivity contribution in [2.75, 3.05) is 0 Å². The second-order valence-corrected chi connectivity index (χ2v) is 6.51. The Morgan fingerprint density at radius 1 is 0.455 bits per heavy atom. The van der Waals surface area contributed by atoms with Gasteiger partial charge in [0.1, 0.15) is 0 Å². The first-order valence-electron chi connectivity index (χ1n) is 7.14. The van der Waals surface area contributed by atoms with Crippen LogP contribution < -0.4 is 10.6 Å². The number of benzene rings is 4. The summed E-state index contributed by atoms with van der Waals surface area (Å²) in [5.41, 5.74) is 0. The number of fused-ring (bicyclic) bond motifs is 2. The van der Waals surface area contributed by atoms with E-state index in [0.717, 1.165) is 0 Å². The lowest BCUT2D eigenvalue weighted by atomic mass is 10.1. The number of hydrogen-bond acceptors (Lipinski definition) is 0. The highest BCUT2D eigenvalue weighted by molar-refractivity contribution is 7.56. The fourth-order valence-electron chi connectivity index (χ4n) is 2.81. The van der Waals surface area contributed by atoms with Crippen LogP contribution in [-0.4, -0.2) is 5.48 Å². The molecule has 0 saturated carbocycles. The van der Waals surface area contributed by atoms with Crippen LogP contribution in [0.4, 0.5) is 0 Å². The second-order valence-electron chi connectivity index (χ2n) is 5.18. The summed E-state index contributed by atoms with van der Waals surface area (Å²) in [4.78, 5) is 0. The maximum Gasteiger partial charge on any atom is -0.0106 e. The molecule has 0 unspecified atom stereocenters. The first-order chi connectivity index (χ1) is 10.4. The second kappa shape index (κ2) is 6.27. The van der Waals surface area contributed by atoms with Crippen LogP contribution in [0.1, 0.15) is 0 Å². The van der Waals surface area contributed by atoms with Crippen molar-refractivity contribution in [3.05, 3.63) is 84.9 Å². The largest absolute Gasteiger partial charge is 0.412 e. The molecular weight excluding hydrogens is 287 g/mol. The predicted octanol–water partition coefficient (Wildman–Crippen LogP) is 3.80. The van der Waals surface area contributed by atoms with Gasteiger partial charge in [-0.3, -0.25) is 0 Å². The monoisotopic (exact) mass is 304 g/mol. The van der Waals surface area contributed by atoms with Crippen molar-refractivity contribution in [1.82, 2.24) is 0 Å². The minimum atomic E-state index is 0. The highest BCUT2D eigenvalue weighted by atomic mass is 31.1. The van der Waals surface area contributed by atoms with Crippen molar-refractivity contribution in [2.45, 2.75) is 0 Å². The summed E-state index contributed by atoms with van der Waals surface area (Å²) in [6, 6.07) is 30.5. The molecule has 4 aromatic rings. The van der Waals surface area contributed by atoms with Crippen LogP contribution >= 0.6 is 8.58 Å². The average molecular weight is 304 g/mol. The zero-order valence-corrected chi connectivity index (χ0v) is 13.1. The Kier molecular flexibility index (Phi) is 4.20. The molecule has 108 valence electrons. The van der Waals surface area contributed by atoms with Gasteiger partial charge in [-0.25, -0.2) is 0 Å². The fraction of sp³-hybridized carbons (Fsp3) is 0. The summed E-state index contributed by atoms with van der Waals surface area (Å²) < 4.78 is 0. The fourth-order valence-corrected chi connectivity index (χ4v) is 4.19. The topological polar surface area (TPSA) is 31.5 Å². The Morgan fingerprint density at radius 3 is 1.36 bits per heavy atom. The van der Waals surface area contributed by atoms with E-state index in [2.05, 4.69) is 84.9 Å². The highest BCUT2D eigenvalue weighted by Gasteiger charge is 2.04. The van der Waals surface area contributed by atoms with Gasteiger partial charge in [0, 0.05) is 0 Å². The summed E-state index contributed by atoms with van der Waals surface area (Å²) in [5, 5.41) is 8.22. The molecule has 2 N–H and O–H groups in total. The molecule has 0 aliphatic carbocycles. The zero-order chi connectivity index (χ0) is 14.1. The molecule has 0 saturated heterocycles. The summed E-state index contributed by atoms with van der Waals surface area (Å²) in [6.07, 6.45) is 0. The van der Waals surface area contributed by atoms with Crippen molar-refractivity contribution in [2.24, 2.45) is 0 Å². The van der Waals surface area contributed by atoms with E-state index in [0.29, 0.717) is 8.58 Å². The van der Waals surface area contributed by atoms with E-state index in [-0.39, 0.29) is 5.48 Å². The van der Waals surface area contributed by atoms with Gasteiger partial charge >= 0.3 is 0 Å². The van der Waals surface area contributed by atoms with Gasteiger partial charge in [0.15, 0.2) is 0 Å². The quantitative estimate of drug-likeness (QED) is 0.505. The Hall–Kier alpha value is -2.21. The third kappa shape index (κ3) is 2.62. The van der Waals surface area contributed by atoms with Gasteiger partial charge in [-0.1, -0.05) is 93.5 Å². The molecular formula is C20H17OP. The van der Waals surface area contributed by atoms with E-state index in [1.807, 2.05) is 0 Å². The Balaban J connectivity index is 0.00000144. The van der Waals surface area contributed by atoms with Gasteiger partial charge in [-0.05, 0) is 32.2 Å². The molecule has 0 aliphatic rings. The molecule has 0 amide bonds. The maximum atomic E-state index is 2.25. The first kappa shape index (κ1) is 14.7. The standard InChI is InChI=1S/C20H15P.H2O/c1-3-11-17-15(7-1)9-5-13-19(17)21-20-14-6-10-16-8-2-4-12-18(16)20;/h1-14,21H;1H2. The Bertz CT molecular complexity index is 843. The van der Waals surface area contributed by atoms with Crippen LogP contribution in [0.25, 0.3) is 21.5 Å². The van der Waals surface area contributed by atoms with E-state index >= 15 is 0 Å². The molecule has 0 aromatic heterocycles. The summed E-state index contributed by atoms with van der Waals surface area (Å²) >= 11 is 0. The molecule has 0 atom stereocenters. The van der Waals surface area contributed by atoms with Crippen LogP contribution in [0, 0.1) is 0 Å². The molecule has 0 aliphatic heterocycles. The molecule has 2 heteroatoms. The smallest absolute Gasteiger partial charge is 0.0106 e. The van der Waals surface area contributed by atoms with E-state index in [4.69, 9.17) is 0 Å². The lowest BCUT2D eigenvalue weighted by Crippen LogP contribution is -2.05. The summed E-state index contributed by atoms with van der Waals surface area (Å²) in [7, 11) is 0.684. The van der Waals surface area contributed by atoms with Crippen molar-refractivity contribution >= 4 is 40.7 Å². The zero-order valence-electron chi connectivity index (χ0n) is 12.1. The molecule has 0 heterocycles. The molecule has 4 rings (SSSR count). The molecule has 0 bridgehead atoms. The van der Waals surface area contributed by atoms with Crippen LogP contribution in [0.3, 0.4) is 0 Å².